The fourth-order valence-corrected chi connectivity index (χ4v) is 4.50. The Morgan fingerprint density at radius 3 is 2.81 bits per heavy atom. The quantitative estimate of drug-likeness (QED) is 0.305. The van der Waals surface area contributed by atoms with E-state index in [1.54, 1.807) is 40.9 Å². The number of hydrogen-bond donors (Lipinski definition) is 2. The Balaban J connectivity index is 1.30. The van der Waals surface area contributed by atoms with Gasteiger partial charge >= 0.3 is 0 Å². The number of hydrogen-bond acceptors (Lipinski definition) is 5. The van der Waals surface area contributed by atoms with Crippen molar-refractivity contribution in [1.29, 1.82) is 0 Å². The maximum Gasteiger partial charge on any atom is 0.272 e. The van der Waals surface area contributed by atoms with Crippen LogP contribution < -0.4 is 10.9 Å². The first kappa shape index (κ1) is 23.8. The first-order valence-corrected chi connectivity index (χ1v) is 11.6. The smallest absolute Gasteiger partial charge is 0.272 e. The molecule has 0 fully saturated rings. The van der Waals surface area contributed by atoms with Crippen LogP contribution in [0.5, 0.6) is 0 Å². The van der Waals surface area contributed by atoms with Crippen LogP contribution in [-0.4, -0.2) is 58.5 Å². The fraction of sp³-hybridized carbons (Fsp3) is 0.269. The van der Waals surface area contributed by atoms with Gasteiger partial charge in [0.25, 0.3) is 11.5 Å². The zero-order valence-electron chi connectivity index (χ0n) is 19.7. The van der Waals surface area contributed by atoms with E-state index in [4.69, 9.17) is 4.74 Å². The molecule has 186 valence electrons. The summed E-state index contributed by atoms with van der Waals surface area (Å²) < 4.78 is 36.6. The molecular formula is C26H25F2N5O3. The first-order chi connectivity index (χ1) is 17.5. The molecule has 0 spiro atoms. The second kappa shape index (κ2) is 10.00. The van der Waals surface area contributed by atoms with Crippen molar-refractivity contribution in [3.05, 3.63) is 87.6 Å². The molecule has 1 aromatic carbocycles. The number of ether oxygens (including phenoxy) is 1. The summed E-state index contributed by atoms with van der Waals surface area (Å²) in [6, 6.07) is 10.0. The molecule has 1 aliphatic heterocycles. The van der Waals surface area contributed by atoms with Gasteiger partial charge in [-0.3, -0.25) is 14.5 Å². The summed E-state index contributed by atoms with van der Waals surface area (Å²) in [4.78, 5) is 32.9. The highest BCUT2D eigenvalue weighted by Gasteiger charge is 2.20. The molecule has 0 aliphatic carbocycles. The SMILES string of the molecule is COCCNC(=O)c1ccc(C2=CCN(Cc3ccc4c([nH]c(=O)c5cccn54)c3F)CC2)c(F)n1. The zero-order valence-corrected chi connectivity index (χ0v) is 19.7. The third-order valence-corrected chi connectivity index (χ3v) is 6.39. The predicted molar refractivity (Wildman–Crippen MR) is 132 cm³/mol. The molecule has 5 rings (SSSR count). The Morgan fingerprint density at radius 1 is 1.19 bits per heavy atom. The van der Waals surface area contributed by atoms with E-state index in [1.165, 1.54) is 13.2 Å². The van der Waals surface area contributed by atoms with Gasteiger partial charge in [-0.05, 0) is 42.3 Å². The van der Waals surface area contributed by atoms with Crippen molar-refractivity contribution in [3.63, 3.8) is 0 Å². The Labute approximate surface area is 205 Å². The molecule has 36 heavy (non-hydrogen) atoms. The number of nitrogens with zero attached hydrogens (tertiary/aromatic N) is 3. The first-order valence-electron chi connectivity index (χ1n) is 11.6. The number of methoxy groups -OCH3 is 1. The molecule has 0 radical (unpaired) electrons. The molecular weight excluding hydrogens is 468 g/mol. The predicted octanol–water partition coefficient (Wildman–Crippen LogP) is 3.12. The van der Waals surface area contributed by atoms with Gasteiger partial charge in [0, 0.05) is 50.6 Å². The van der Waals surface area contributed by atoms with Gasteiger partial charge in [-0.15, -0.1) is 0 Å². The van der Waals surface area contributed by atoms with E-state index in [9.17, 15) is 14.0 Å². The van der Waals surface area contributed by atoms with Crippen LogP contribution in [0.3, 0.4) is 0 Å². The molecule has 8 nitrogen and oxygen atoms in total. The molecule has 10 heteroatoms. The van der Waals surface area contributed by atoms with Crippen molar-refractivity contribution >= 4 is 28.0 Å². The number of halogens is 2. The number of H-pyrrole nitrogens is 1. The monoisotopic (exact) mass is 493 g/mol. The Hall–Kier alpha value is -3.89. The van der Waals surface area contributed by atoms with Gasteiger partial charge in [-0.2, -0.15) is 4.39 Å². The largest absolute Gasteiger partial charge is 0.383 e. The third-order valence-electron chi connectivity index (χ3n) is 6.39. The molecule has 0 bridgehead atoms. The minimum atomic E-state index is -0.699. The molecule has 0 unspecified atom stereocenters. The second-order valence-electron chi connectivity index (χ2n) is 8.65. The van der Waals surface area contributed by atoms with Crippen molar-refractivity contribution in [2.24, 2.45) is 0 Å². The number of aromatic amines is 1. The number of aromatic nitrogens is 3. The van der Waals surface area contributed by atoms with E-state index in [2.05, 4.69) is 15.3 Å². The van der Waals surface area contributed by atoms with Gasteiger partial charge in [0.1, 0.15) is 16.7 Å². The average molecular weight is 494 g/mol. The number of nitrogens with one attached hydrogen (secondary N) is 2. The van der Waals surface area contributed by atoms with E-state index in [0.717, 1.165) is 5.57 Å². The second-order valence-corrected chi connectivity index (χ2v) is 8.65. The highest BCUT2D eigenvalue weighted by Crippen LogP contribution is 2.26. The summed E-state index contributed by atoms with van der Waals surface area (Å²) in [6.45, 7) is 2.10. The molecule has 0 saturated carbocycles. The third kappa shape index (κ3) is 4.52. The van der Waals surface area contributed by atoms with E-state index in [-0.39, 0.29) is 16.8 Å². The number of carbonyl (C=O) groups is 1. The standard InChI is InChI=1S/C26H25F2N5O3/c1-36-14-10-29-25(34)19-6-5-18(24(28)30-19)16-8-12-32(13-9-16)15-17-4-7-20-23(22(17)27)31-26(35)21-3-2-11-33(20)21/h2-8,11H,9-10,12-15H2,1H3,(H,29,34)(H,31,35). The Bertz CT molecular complexity index is 1540. The highest BCUT2D eigenvalue weighted by atomic mass is 19.1. The van der Waals surface area contributed by atoms with Crippen LogP contribution in [-0.2, 0) is 11.3 Å². The molecule has 1 amide bonds. The average Bonchev–Trinajstić information content (AvgIpc) is 3.38. The normalized spacial score (nSPS) is 14.4. The topological polar surface area (TPSA) is 91.7 Å². The lowest BCUT2D eigenvalue weighted by molar-refractivity contribution is 0.0931. The van der Waals surface area contributed by atoms with Crippen LogP contribution in [0.25, 0.3) is 22.1 Å². The molecule has 2 N–H and O–H groups in total. The maximum absolute atomic E-state index is 15.3. The molecule has 4 heterocycles. The van der Waals surface area contributed by atoms with Crippen molar-refractivity contribution in [3.8, 4) is 0 Å². The van der Waals surface area contributed by atoms with Gasteiger partial charge in [0.2, 0.25) is 5.95 Å². The minimum Gasteiger partial charge on any atom is -0.383 e. The zero-order chi connectivity index (χ0) is 25.2. The summed E-state index contributed by atoms with van der Waals surface area (Å²) in [6.07, 6.45) is 4.18. The number of pyridine rings is 1. The van der Waals surface area contributed by atoms with Crippen LogP contribution >= 0.6 is 0 Å². The van der Waals surface area contributed by atoms with E-state index in [0.29, 0.717) is 61.4 Å². The summed E-state index contributed by atoms with van der Waals surface area (Å²) in [5, 5.41) is 2.62. The lowest BCUT2D eigenvalue weighted by atomic mass is 10.00. The highest BCUT2D eigenvalue weighted by molar-refractivity contribution is 5.92. The number of benzene rings is 1. The molecule has 3 aromatic heterocycles. The van der Waals surface area contributed by atoms with Crippen molar-refractivity contribution in [1.82, 2.24) is 24.6 Å². The molecule has 0 saturated heterocycles. The summed E-state index contributed by atoms with van der Waals surface area (Å²) in [5.74, 6) is -1.61. The van der Waals surface area contributed by atoms with Gasteiger partial charge in [-0.25, -0.2) is 9.37 Å². The summed E-state index contributed by atoms with van der Waals surface area (Å²) in [5.41, 5.74) is 2.51. The minimum absolute atomic E-state index is 0.00685. The van der Waals surface area contributed by atoms with Crippen molar-refractivity contribution in [2.45, 2.75) is 13.0 Å². The van der Waals surface area contributed by atoms with E-state index >= 15 is 4.39 Å². The maximum atomic E-state index is 15.3. The van der Waals surface area contributed by atoms with Crippen LogP contribution in [0.4, 0.5) is 8.78 Å². The number of fused-ring (bicyclic) bond motifs is 3. The van der Waals surface area contributed by atoms with Gasteiger partial charge in [0.15, 0.2) is 5.82 Å². The Kier molecular flexibility index (Phi) is 6.62. The van der Waals surface area contributed by atoms with Crippen molar-refractivity contribution < 1.29 is 18.3 Å². The van der Waals surface area contributed by atoms with Crippen molar-refractivity contribution in [2.75, 3.05) is 33.4 Å². The van der Waals surface area contributed by atoms with Gasteiger partial charge in [-0.1, -0.05) is 12.1 Å². The van der Waals surface area contributed by atoms with E-state index in [1.807, 2.05) is 11.0 Å². The van der Waals surface area contributed by atoms with Crippen LogP contribution in [0.2, 0.25) is 0 Å². The van der Waals surface area contributed by atoms with Crippen LogP contribution in [0.1, 0.15) is 28.0 Å². The number of carbonyl (C=O) groups excluding carboxylic acids is 1. The summed E-state index contributed by atoms with van der Waals surface area (Å²) >= 11 is 0. The van der Waals surface area contributed by atoms with Crippen LogP contribution in [0.15, 0.2) is 53.5 Å². The number of rotatable bonds is 7. The Morgan fingerprint density at radius 2 is 2.06 bits per heavy atom. The molecule has 0 atom stereocenters. The molecule has 4 aromatic rings. The van der Waals surface area contributed by atoms with E-state index < -0.39 is 17.7 Å². The van der Waals surface area contributed by atoms with Crippen LogP contribution in [0, 0.1) is 11.8 Å². The van der Waals surface area contributed by atoms with Gasteiger partial charge in [0.05, 0.1) is 12.1 Å². The number of amides is 1. The lowest BCUT2D eigenvalue weighted by Crippen LogP contribution is -2.29. The van der Waals surface area contributed by atoms with Gasteiger partial charge < -0.3 is 19.4 Å². The fourth-order valence-electron chi connectivity index (χ4n) is 4.50. The lowest BCUT2D eigenvalue weighted by Gasteiger charge is -2.27. The molecule has 1 aliphatic rings. The summed E-state index contributed by atoms with van der Waals surface area (Å²) in [7, 11) is 1.53.